The van der Waals surface area contributed by atoms with Crippen molar-refractivity contribution in [3.05, 3.63) is 22.7 Å². The number of hydrogen-bond donors (Lipinski definition) is 2. The van der Waals surface area contributed by atoms with E-state index in [0.717, 1.165) is 19.8 Å². The molecule has 1 aromatic heterocycles. The first-order valence-electron chi connectivity index (χ1n) is 6.14. The van der Waals surface area contributed by atoms with E-state index in [1.54, 1.807) is 11.3 Å². The molecule has 4 nitrogen and oxygen atoms in total. The number of hydrogen-bond acceptors (Lipinski definition) is 4. The number of amides is 1. The van der Waals surface area contributed by atoms with Gasteiger partial charge in [0.2, 0.25) is 5.91 Å². The van der Waals surface area contributed by atoms with E-state index in [-0.39, 0.29) is 11.9 Å². The fourth-order valence-corrected chi connectivity index (χ4v) is 3.09. The molecular formula is C13H16BrN3OS. The summed E-state index contributed by atoms with van der Waals surface area (Å²) in [6.45, 7) is 4.51. The average molecular weight is 342 g/mol. The Kier molecular flexibility index (Phi) is 4.76. The van der Waals surface area contributed by atoms with E-state index < -0.39 is 0 Å². The maximum Gasteiger partial charge on any atom is 0.221 e. The molecule has 0 aliphatic heterocycles. The Morgan fingerprint density at radius 3 is 3.00 bits per heavy atom. The first-order chi connectivity index (χ1) is 9.04. The minimum Gasteiger partial charge on any atom is -0.361 e. The van der Waals surface area contributed by atoms with Gasteiger partial charge in [-0.15, -0.1) is 0 Å². The lowest BCUT2D eigenvalue weighted by Gasteiger charge is -2.08. The maximum absolute atomic E-state index is 11.5. The monoisotopic (exact) mass is 341 g/mol. The Balaban J connectivity index is 1.89. The summed E-state index contributed by atoms with van der Waals surface area (Å²) in [6.07, 6.45) is 0.456. The number of nitrogens with one attached hydrogen (secondary N) is 2. The summed E-state index contributed by atoms with van der Waals surface area (Å²) in [5.74, 6) is 0.0614. The van der Waals surface area contributed by atoms with E-state index >= 15 is 0 Å². The minimum atomic E-state index is 0.0614. The predicted octanol–water partition coefficient (Wildman–Crippen LogP) is 3.39. The Morgan fingerprint density at radius 1 is 1.47 bits per heavy atom. The van der Waals surface area contributed by atoms with Crippen LogP contribution in [0.1, 0.15) is 20.3 Å². The van der Waals surface area contributed by atoms with Gasteiger partial charge in [0.25, 0.3) is 0 Å². The molecule has 0 aliphatic rings. The zero-order valence-electron chi connectivity index (χ0n) is 10.9. The normalized spacial score (nSPS) is 10.9. The smallest absolute Gasteiger partial charge is 0.221 e. The lowest BCUT2D eigenvalue weighted by molar-refractivity contribution is -0.121. The first kappa shape index (κ1) is 14.3. The number of fused-ring (bicyclic) bond motifs is 1. The molecule has 0 spiro atoms. The third-order valence-electron chi connectivity index (χ3n) is 2.43. The van der Waals surface area contributed by atoms with Crippen molar-refractivity contribution >= 4 is 48.5 Å². The molecule has 2 rings (SSSR count). The highest BCUT2D eigenvalue weighted by atomic mass is 79.9. The largest absolute Gasteiger partial charge is 0.361 e. The van der Waals surface area contributed by atoms with Crippen LogP contribution in [0.5, 0.6) is 0 Å². The average Bonchev–Trinajstić information content (AvgIpc) is 2.69. The fourth-order valence-electron chi connectivity index (χ4n) is 1.65. The van der Waals surface area contributed by atoms with Crippen molar-refractivity contribution in [2.45, 2.75) is 26.3 Å². The number of aromatic nitrogens is 1. The van der Waals surface area contributed by atoms with E-state index in [0.29, 0.717) is 13.0 Å². The molecule has 1 heterocycles. The number of carbonyl (C=O) groups is 1. The summed E-state index contributed by atoms with van der Waals surface area (Å²) >= 11 is 5.03. The second-order valence-electron chi connectivity index (χ2n) is 4.53. The third kappa shape index (κ3) is 4.18. The number of anilines is 1. The van der Waals surface area contributed by atoms with Gasteiger partial charge in [-0.2, -0.15) is 0 Å². The standard InChI is InChI=1S/C13H16BrN3OS/c1-8(2)16-12(18)5-6-15-13-17-10-4-3-9(14)7-11(10)19-13/h3-4,7-8H,5-6H2,1-2H3,(H,15,17)(H,16,18). The summed E-state index contributed by atoms with van der Waals surface area (Å²) in [5.41, 5.74) is 0.974. The molecule has 0 radical (unpaired) electrons. The van der Waals surface area contributed by atoms with Crippen molar-refractivity contribution in [2.24, 2.45) is 0 Å². The highest BCUT2D eigenvalue weighted by Crippen LogP contribution is 2.28. The summed E-state index contributed by atoms with van der Waals surface area (Å²) in [4.78, 5) is 16.0. The summed E-state index contributed by atoms with van der Waals surface area (Å²) in [6, 6.07) is 6.19. The van der Waals surface area contributed by atoms with Crippen molar-refractivity contribution in [1.29, 1.82) is 0 Å². The number of thiazole rings is 1. The number of nitrogens with zero attached hydrogens (tertiary/aromatic N) is 1. The van der Waals surface area contributed by atoms with Crippen LogP contribution in [0.2, 0.25) is 0 Å². The molecular weight excluding hydrogens is 326 g/mol. The molecule has 0 bridgehead atoms. The Bertz CT molecular complexity index is 582. The van der Waals surface area contributed by atoms with Crippen molar-refractivity contribution < 1.29 is 4.79 Å². The van der Waals surface area contributed by atoms with Gasteiger partial charge in [-0.1, -0.05) is 27.3 Å². The second-order valence-corrected chi connectivity index (χ2v) is 6.48. The van der Waals surface area contributed by atoms with E-state index in [4.69, 9.17) is 0 Å². The van der Waals surface area contributed by atoms with Crippen molar-refractivity contribution in [2.75, 3.05) is 11.9 Å². The molecule has 102 valence electrons. The van der Waals surface area contributed by atoms with E-state index in [2.05, 4.69) is 31.5 Å². The van der Waals surface area contributed by atoms with Gasteiger partial charge >= 0.3 is 0 Å². The number of benzene rings is 1. The zero-order chi connectivity index (χ0) is 13.8. The van der Waals surface area contributed by atoms with Crippen LogP contribution in [0.25, 0.3) is 10.2 Å². The van der Waals surface area contributed by atoms with Crippen molar-refractivity contribution in [3.63, 3.8) is 0 Å². The zero-order valence-corrected chi connectivity index (χ0v) is 13.3. The van der Waals surface area contributed by atoms with E-state index in [1.165, 1.54) is 0 Å². The van der Waals surface area contributed by atoms with Crippen LogP contribution in [0.4, 0.5) is 5.13 Å². The molecule has 0 atom stereocenters. The van der Waals surface area contributed by atoms with Gasteiger partial charge in [-0.05, 0) is 32.0 Å². The van der Waals surface area contributed by atoms with Crippen LogP contribution >= 0.6 is 27.3 Å². The molecule has 0 saturated heterocycles. The van der Waals surface area contributed by atoms with Gasteiger partial charge in [-0.25, -0.2) is 4.98 Å². The molecule has 0 saturated carbocycles. The summed E-state index contributed by atoms with van der Waals surface area (Å²) < 4.78 is 2.18. The van der Waals surface area contributed by atoms with Crippen LogP contribution in [-0.2, 0) is 4.79 Å². The van der Waals surface area contributed by atoms with E-state index in [9.17, 15) is 4.79 Å². The molecule has 1 aromatic carbocycles. The Morgan fingerprint density at radius 2 is 2.26 bits per heavy atom. The van der Waals surface area contributed by atoms with Gasteiger partial charge in [0.1, 0.15) is 0 Å². The molecule has 6 heteroatoms. The minimum absolute atomic E-state index is 0.0614. The van der Waals surface area contributed by atoms with Crippen LogP contribution in [0.3, 0.4) is 0 Å². The van der Waals surface area contributed by atoms with Gasteiger partial charge in [0.15, 0.2) is 5.13 Å². The fraction of sp³-hybridized carbons (Fsp3) is 0.385. The Labute approximate surface area is 124 Å². The SMILES string of the molecule is CC(C)NC(=O)CCNc1nc2ccc(Br)cc2s1. The van der Waals surface area contributed by atoms with Gasteiger partial charge in [0, 0.05) is 23.5 Å². The quantitative estimate of drug-likeness (QED) is 0.876. The number of rotatable bonds is 5. The lowest BCUT2D eigenvalue weighted by Crippen LogP contribution is -2.31. The summed E-state index contributed by atoms with van der Waals surface area (Å²) in [5, 5.41) is 6.90. The van der Waals surface area contributed by atoms with Crippen LogP contribution in [0, 0.1) is 0 Å². The molecule has 1 amide bonds. The van der Waals surface area contributed by atoms with Crippen LogP contribution in [0.15, 0.2) is 22.7 Å². The molecule has 2 aromatic rings. The van der Waals surface area contributed by atoms with Crippen molar-refractivity contribution in [3.8, 4) is 0 Å². The highest BCUT2D eigenvalue weighted by Gasteiger charge is 2.06. The molecule has 0 unspecified atom stereocenters. The number of carbonyl (C=O) groups excluding carboxylic acids is 1. The van der Waals surface area contributed by atoms with E-state index in [1.807, 2.05) is 32.0 Å². The Hall–Kier alpha value is -1.14. The molecule has 2 N–H and O–H groups in total. The van der Waals surface area contributed by atoms with Gasteiger partial charge < -0.3 is 10.6 Å². The maximum atomic E-state index is 11.5. The van der Waals surface area contributed by atoms with Crippen LogP contribution < -0.4 is 10.6 Å². The first-order valence-corrected chi connectivity index (χ1v) is 7.75. The van der Waals surface area contributed by atoms with Crippen LogP contribution in [-0.4, -0.2) is 23.5 Å². The van der Waals surface area contributed by atoms with Gasteiger partial charge in [-0.3, -0.25) is 4.79 Å². The highest BCUT2D eigenvalue weighted by molar-refractivity contribution is 9.10. The predicted molar refractivity (Wildman–Crippen MR) is 83.7 cm³/mol. The third-order valence-corrected chi connectivity index (χ3v) is 3.90. The van der Waals surface area contributed by atoms with Gasteiger partial charge in [0.05, 0.1) is 10.2 Å². The van der Waals surface area contributed by atoms with Crippen molar-refractivity contribution in [1.82, 2.24) is 10.3 Å². The molecule has 0 aliphatic carbocycles. The molecule has 0 fully saturated rings. The summed E-state index contributed by atoms with van der Waals surface area (Å²) in [7, 11) is 0. The molecule has 19 heavy (non-hydrogen) atoms. The second kappa shape index (κ2) is 6.34. The lowest BCUT2D eigenvalue weighted by atomic mass is 10.3. The topological polar surface area (TPSA) is 54.0 Å². The number of halogens is 1.